The van der Waals surface area contributed by atoms with Gasteiger partial charge in [-0.15, -0.1) is 0 Å². The van der Waals surface area contributed by atoms with Crippen molar-refractivity contribution < 1.29 is 89.3 Å². The maximum Gasteiger partial charge on any atom is 0.187 e. The van der Waals surface area contributed by atoms with Gasteiger partial charge in [0, 0.05) is 18.9 Å². The molecule has 0 bridgehead atoms. The van der Waals surface area contributed by atoms with Gasteiger partial charge >= 0.3 is 0 Å². The Morgan fingerprint density at radius 1 is 0.730 bits per heavy atom. The van der Waals surface area contributed by atoms with Gasteiger partial charge in [-0.1, -0.05) is 39.3 Å². The zero-order valence-corrected chi connectivity index (χ0v) is 37.1. The van der Waals surface area contributed by atoms with Crippen LogP contribution in [0.25, 0.3) is 0 Å². The second kappa shape index (κ2) is 18.5. The van der Waals surface area contributed by atoms with E-state index < -0.39 is 117 Å². The summed E-state index contributed by atoms with van der Waals surface area (Å²) in [5.41, 5.74) is 1.19. The highest BCUT2D eigenvalue weighted by Gasteiger charge is 2.68. The van der Waals surface area contributed by atoms with Crippen molar-refractivity contribution in [3.8, 4) is 0 Å². The largest absolute Gasteiger partial charge is 0.396 e. The highest BCUT2D eigenvalue weighted by molar-refractivity contribution is 5.26. The van der Waals surface area contributed by atoms with Gasteiger partial charge in [-0.05, 0) is 98.7 Å². The number of hydrogen-bond acceptors (Lipinski definition) is 18. The molecule has 0 aromatic rings. The molecule has 0 spiro atoms. The highest BCUT2D eigenvalue weighted by Crippen LogP contribution is 2.70. The van der Waals surface area contributed by atoms with Crippen LogP contribution in [0.3, 0.4) is 0 Å². The van der Waals surface area contributed by atoms with Crippen LogP contribution < -0.4 is 0 Å². The summed E-state index contributed by atoms with van der Waals surface area (Å²) in [6.07, 6.45) is -14.4. The second-order valence-electron chi connectivity index (χ2n) is 21.0. The lowest BCUT2D eigenvalue weighted by Crippen LogP contribution is -2.67. The molecule has 8 aliphatic rings. The van der Waals surface area contributed by atoms with Crippen molar-refractivity contribution in [2.45, 2.75) is 203 Å². The minimum atomic E-state index is -1.86. The summed E-state index contributed by atoms with van der Waals surface area (Å²) in [5.74, 6) is 0.451. The van der Waals surface area contributed by atoms with Crippen LogP contribution in [0.4, 0.5) is 0 Å². The molecule has 0 amide bonds. The lowest BCUT2D eigenvalue weighted by molar-refractivity contribution is -0.394. The Morgan fingerprint density at radius 3 is 2.05 bits per heavy atom. The summed E-state index contributed by atoms with van der Waals surface area (Å²) in [4.78, 5) is 0. The Morgan fingerprint density at radius 2 is 1.37 bits per heavy atom. The summed E-state index contributed by atoms with van der Waals surface area (Å²) in [7, 11) is 0. The molecule has 0 aromatic carbocycles. The number of aliphatic hydroxyl groups is 11. The van der Waals surface area contributed by atoms with E-state index in [-0.39, 0.29) is 41.3 Å². The molecule has 7 fully saturated rings. The van der Waals surface area contributed by atoms with Gasteiger partial charge in [0.1, 0.15) is 67.1 Å². The fourth-order valence-corrected chi connectivity index (χ4v) is 13.5. The molecule has 63 heavy (non-hydrogen) atoms. The third kappa shape index (κ3) is 8.41. The first-order valence-corrected chi connectivity index (χ1v) is 23.4. The number of hydrogen-bond donors (Lipinski definition) is 11. The molecule has 4 aliphatic heterocycles. The van der Waals surface area contributed by atoms with Gasteiger partial charge < -0.3 is 89.3 Å². The van der Waals surface area contributed by atoms with Gasteiger partial charge in [-0.25, -0.2) is 0 Å². The van der Waals surface area contributed by atoms with Crippen LogP contribution in [-0.2, 0) is 33.2 Å². The summed E-state index contributed by atoms with van der Waals surface area (Å²) in [5, 5.41) is 117. The van der Waals surface area contributed by atoms with Crippen molar-refractivity contribution in [1.82, 2.24) is 0 Å². The van der Waals surface area contributed by atoms with E-state index in [4.69, 9.17) is 33.2 Å². The molecule has 4 saturated heterocycles. The van der Waals surface area contributed by atoms with E-state index in [9.17, 15) is 56.2 Å². The van der Waals surface area contributed by atoms with Gasteiger partial charge in [0.15, 0.2) is 24.7 Å². The summed E-state index contributed by atoms with van der Waals surface area (Å²) >= 11 is 0. The molecule has 3 saturated carbocycles. The minimum Gasteiger partial charge on any atom is -0.396 e. The predicted octanol–water partition coefficient (Wildman–Crippen LogP) is -0.831. The fourth-order valence-electron chi connectivity index (χ4n) is 13.5. The lowest BCUT2D eigenvalue weighted by Gasteiger charge is -2.58. The maximum atomic E-state index is 11.8. The van der Waals surface area contributed by atoms with Crippen LogP contribution in [0.5, 0.6) is 0 Å². The predicted molar refractivity (Wildman–Crippen MR) is 218 cm³/mol. The summed E-state index contributed by atoms with van der Waals surface area (Å²) < 4.78 is 43.2. The van der Waals surface area contributed by atoms with E-state index in [1.807, 2.05) is 6.92 Å². The second-order valence-corrected chi connectivity index (χ2v) is 21.0. The van der Waals surface area contributed by atoms with E-state index in [0.29, 0.717) is 43.4 Å². The molecule has 18 heteroatoms. The van der Waals surface area contributed by atoms with E-state index in [2.05, 4.69) is 26.8 Å². The Labute approximate surface area is 369 Å². The van der Waals surface area contributed by atoms with E-state index in [1.165, 1.54) is 12.5 Å². The van der Waals surface area contributed by atoms with Gasteiger partial charge in [-0.2, -0.15) is 0 Å². The van der Waals surface area contributed by atoms with Crippen molar-refractivity contribution in [2.24, 2.45) is 46.3 Å². The Bertz CT molecular complexity index is 1600. The highest BCUT2D eigenvalue weighted by atomic mass is 16.8. The average molecular weight is 903 g/mol. The van der Waals surface area contributed by atoms with Crippen molar-refractivity contribution >= 4 is 0 Å². The van der Waals surface area contributed by atoms with Crippen LogP contribution in [0, 0.1) is 46.3 Å². The van der Waals surface area contributed by atoms with Gasteiger partial charge in [-0.3, -0.25) is 0 Å². The Kier molecular flexibility index (Phi) is 14.2. The fraction of sp³-hybridized carbons (Fsp3) is 0.956. The van der Waals surface area contributed by atoms with Crippen molar-refractivity contribution in [2.75, 3.05) is 19.8 Å². The standard InChI is InChI=1S/C45H74O18/c1-19(16-46)8-13-45(56)20(2)30-27(63-45)15-26-24-7-6-22-14-23(9-11-43(22,4)25(24)10-12-44(26,30)5)58-42-39(62-40-36(54)34(52)31(49)21(3)57-40)38(33(51)29(18-48)60-42)61-41-37(55)35(53)32(50)28(17-47)59-41/h6,19-21,23-42,46-56H,7-18H2,1-5H3/t19-,20+,21+,23+,24-,25+,26+,27+,28-,29-,30?,31+,32-,33-,34-,35+,36-,37-,38+,39-,40+,41+,42-,43+,44+,45-/m1/s1. The molecule has 4 heterocycles. The molecule has 26 atom stereocenters. The first-order valence-electron chi connectivity index (χ1n) is 23.4. The molecule has 362 valence electrons. The third-order valence-electron chi connectivity index (χ3n) is 17.4. The molecule has 11 N–H and O–H groups in total. The summed E-state index contributed by atoms with van der Waals surface area (Å²) in [6, 6.07) is 0. The monoisotopic (exact) mass is 902 g/mol. The quantitative estimate of drug-likeness (QED) is 0.107. The van der Waals surface area contributed by atoms with Crippen LogP contribution in [0.1, 0.15) is 92.4 Å². The van der Waals surface area contributed by atoms with Gasteiger partial charge in [0.2, 0.25) is 0 Å². The number of rotatable bonds is 12. The topological polar surface area (TPSA) is 287 Å². The number of fused-ring (bicyclic) bond motifs is 7. The molecule has 0 aromatic heterocycles. The normalized spacial score (nSPS) is 55.0. The smallest absolute Gasteiger partial charge is 0.187 e. The summed E-state index contributed by atoms with van der Waals surface area (Å²) in [6.45, 7) is 9.03. The first-order chi connectivity index (χ1) is 29.8. The Balaban J connectivity index is 1.01. The van der Waals surface area contributed by atoms with Crippen LogP contribution in [0.15, 0.2) is 11.6 Å². The lowest BCUT2D eigenvalue weighted by atomic mass is 9.47. The molecular formula is C45H74O18. The molecule has 8 rings (SSSR count). The molecule has 1 unspecified atom stereocenters. The van der Waals surface area contributed by atoms with Crippen molar-refractivity contribution in [1.29, 1.82) is 0 Å². The molecule has 0 radical (unpaired) electrons. The number of ether oxygens (including phenoxy) is 7. The Hall–Kier alpha value is -0.980. The number of allylic oxidation sites excluding steroid dienone is 1. The van der Waals surface area contributed by atoms with Crippen molar-refractivity contribution in [3.05, 3.63) is 11.6 Å². The molecule has 4 aliphatic carbocycles. The van der Waals surface area contributed by atoms with Gasteiger partial charge in [0.25, 0.3) is 0 Å². The zero-order valence-electron chi connectivity index (χ0n) is 37.1. The average Bonchev–Trinajstić information content (AvgIpc) is 3.70. The third-order valence-corrected chi connectivity index (χ3v) is 17.4. The molecular weight excluding hydrogens is 828 g/mol. The van der Waals surface area contributed by atoms with Gasteiger partial charge in [0.05, 0.1) is 31.5 Å². The van der Waals surface area contributed by atoms with E-state index >= 15 is 0 Å². The van der Waals surface area contributed by atoms with Crippen LogP contribution in [0.2, 0.25) is 0 Å². The zero-order chi connectivity index (χ0) is 45.5. The van der Waals surface area contributed by atoms with E-state index in [0.717, 1.165) is 32.1 Å². The molecule has 18 nitrogen and oxygen atoms in total. The van der Waals surface area contributed by atoms with Crippen LogP contribution >= 0.6 is 0 Å². The maximum absolute atomic E-state index is 11.8. The number of aliphatic hydroxyl groups excluding tert-OH is 10. The first kappa shape index (κ1) is 48.5. The van der Waals surface area contributed by atoms with E-state index in [1.54, 1.807) is 0 Å². The minimum absolute atomic E-state index is 0.0115. The van der Waals surface area contributed by atoms with Crippen LogP contribution in [-0.4, -0.2) is 186 Å². The van der Waals surface area contributed by atoms with Crippen molar-refractivity contribution in [3.63, 3.8) is 0 Å². The SMILES string of the molecule is C[C@@H](CO)CC[C@@]1(O)O[C@H]2C[C@H]3[C@@H]4CC=C5C[C@@H](O[C@@H]6O[C@H](CO)[C@@H](O)[C@H](O[C@@H]7O[C@H](CO)[C@@H](O)[C@H](O)[C@H]7O)[C@H]6O[C@@H]6O[C@@H](C)[C@H](O)[C@@H](O)[C@H]6O)CC[C@]5(C)[C@H]4CC[C@]3(C)C2[C@@H]1C.